The Bertz CT molecular complexity index is 784. The van der Waals surface area contributed by atoms with Crippen molar-refractivity contribution < 1.29 is 21.6 Å². The van der Waals surface area contributed by atoms with E-state index in [1.165, 1.54) is 12.1 Å². The highest BCUT2D eigenvalue weighted by atomic mass is 32.2. The first-order chi connectivity index (χ1) is 9.59. The van der Waals surface area contributed by atoms with Gasteiger partial charge in [-0.3, -0.25) is 4.79 Å². The number of carbonyl (C=O) groups excluding carboxylic acids is 1. The van der Waals surface area contributed by atoms with Gasteiger partial charge in [-0.05, 0) is 18.2 Å². The van der Waals surface area contributed by atoms with Crippen molar-refractivity contribution in [3.05, 3.63) is 18.2 Å². The highest BCUT2D eigenvalue weighted by Gasteiger charge is 2.24. The molecule has 1 amide bonds. The summed E-state index contributed by atoms with van der Waals surface area (Å²) in [6, 6.07) is 3.93. The summed E-state index contributed by atoms with van der Waals surface area (Å²) in [7, 11) is -7.13. The summed E-state index contributed by atoms with van der Waals surface area (Å²) >= 11 is 0. The first-order valence-electron chi connectivity index (χ1n) is 6.15. The van der Waals surface area contributed by atoms with Crippen molar-refractivity contribution in [1.82, 2.24) is 5.32 Å². The molecule has 1 aromatic carbocycles. The molecule has 0 bridgehead atoms. The molecule has 1 saturated heterocycles. The minimum Gasteiger partial charge on any atom is -0.359 e. The normalized spacial score (nSPS) is 16.7. The molecule has 1 aromatic rings. The van der Waals surface area contributed by atoms with Crippen molar-refractivity contribution in [1.29, 1.82) is 0 Å². The number of hydrogen-bond acceptors (Lipinski definition) is 6. The third-order valence-electron chi connectivity index (χ3n) is 3.14. The second kappa shape index (κ2) is 5.30. The number of amides is 1. The van der Waals surface area contributed by atoms with Gasteiger partial charge in [-0.1, -0.05) is 0 Å². The van der Waals surface area contributed by atoms with Crippen LogP contribution in [0.25, 0.3) is 0 Å². The van der Waals surface area contributed by atoms with E-state index in [2.05, 4.69) is 5.32 Å². The van der Waals surface area contributed by atoms with Crippen LogP contribution >= 0.6 is 0 Å². The van der Waals surface area contributed by atoms with Crippen molar-refractivity contribution in [2.45, 2.75) is 9.79 Å². The fourth-order valence-electron chi connectivity index (χ4n) is 2.13. The molecule has 0 aliphatic carbocycles. The zero-order valence-corrected chi connectivity index (χ0v) is 13.3. The average Bonchev–Trinajstić information content (AvgIpc) is 2.36. The van der Waals surface area contributed by atoms with Gasteiger partial charge in [0.25, 0.3) is 0 Å². The van der Waals surface area contributed by atoms with Gasteiger partial charge in [-0.2, -0.15) is 0 Å². The largest absolute Gasteiger partial charge is 0.359 e. The molecule has 116 valence electrons. The van der Waals surface area contributed by atoms with Crippen LogP contribution < -0.4 is 10.2 Å². The van der Waals surface area contributed by atoms with Gasteiger partial charge >= 0.3 is 0 Å². The number of nitrogens with one attached hydrogen (secondary N) is 1. The fraction of sp³-hybridized carbons (Fsp3) is 0.417. The lowest BCUT2D eigenvalue weighted by molar-refractivity contribution is -0.120. The first-order valence-corrected chi connectivity index (χ1v) is 9.93. The third kappa shape index (κ3) is 3.53. The summed E-state index contributed by atoms with van der Waals surface area (Å²) in [6.45, 7) is 0.920. The van der Waals surface area contributed by atoms with Crippen molar-refractivity contribution >= 4 is 31.3 Å². The molecule has 0 unspecified atom stereocenters. The van der Waals surface area contributed by atoms with Crippen LogP contribution in [0.2, 0.25) is 0 Å². The fourth-order valence-corrected chi connectivity index (χ4v) is 3.77. The van der Waals surface area contributed by atoms with Crippen molar-refractivity contribution in [3.8, 4) is 0 Å². The summed E-state index contributed by atoms with van der Waals surface area (Å²) in [5, 5.41) is 2.65. The Hall–Kier alpha value is -1.61. The Kier molecular flexibility index (Phi) is 3.98. The van der Waals surface area contributed by atoms with E-state index < -0.39 is 19.7 Å². The maximum Gasteiger partial charge on any atom is 0.239 e. The average molecular weight is 332 g/mol. The van der Waals surface area contributed by atoms with Crippen LogP contribution in [0.3, 0.4) is 0 Å². The van der Waals surface area contributed by atoms with Gasteiger partial charge in [0.15, 0.2) is 19.7 Å². The lowest BCUT2D eigenvalue weighted by atomic mass is 10.2. The van der Waals surface area contributed by atoms with Gasteiger partial charge in [-0.25, -0.2) is 16.8 Å². The van der Waals surface area contributed by atoms with Crippen LogP contribution in [0.5, 0.6) is 0 Å². The van der Waals surface area contributed by atoms with Gasteiger partial charge in [0, 0.05) is 25.6 Å². The molecule has 9 heteroatoms. The topological polar surface area (TPSA) is 101 Å². The lowest BCUT2D eigenvalue weighted by Crippen LogP contribution is -2.48. The Balaban J connectivity index is 2.58. The second-order valence-electron chi connectivity index (χ2n) is 4.95. The molecule has 0 spiro atoms. The quantitative estimate of drug-likeness (QED) is 0.795. The Morgan fingerprint density at radius 3 is 2.29 bits per heavy atom. The summed E-state index contributed by atoms with van der Waals surface area (Å²) in [5.41, 5.74) is 0.347. The van der Waals surface area contributed by atoms with E-state index in [4.69, 9.17) is 0 Å². The number of sulfone groups is 2. The van der Waals surface area contributed by atoms with E-state index in [1.807, 2.05) is 0 Å². The van der Waals surface area contributed by atoms with E-state index in [0.29, 0.717) is 18.8 Å². The SMILES string of the molecule is CS(=O)(=O)c1ccc(N2CCNC(=O)C2)c(S(C)(=O)=O)c1. The molecular weight excluding hydrogens is 316 g/mol. The number of benzene rings is 1. The highest BCUT2D eigenvalue weighted by molar-refractivity contribution is 7.91. The molecule has 1 heterocycles. The number of piperazine rings is 1. The monoisotopic (exact) mass is 332 g/mol. The van der Waals surface area contributed by atoms with Crippen molar-refractivity contribution in [2.24, 2.45) is 0 Å². The van der Waals surface area contributed by atoms with Crippen LogP contribution in [0.15, 0.2) is 28.0 Å². The molecule has 0 atom stereocenters. The van der Waals surface area contributed by atoms with E-state index in [0.717, 1.165) is 18.6 Å². The van der Waals surface area contributed by atoms with Gasteiger partial charge in [0.05, 0.1) is 22.0 Å². The van der Waals surface area contributed by atoms with E-state index in [-0.39, 0.29) is 22.2 Å². The molecule has 0 radical (unpaired) electrons. The molecule has 1 N–H and O–H groups in total. The molecule has 7 nitrogen and oxygen atoms in total. The van der Waals surface area contributed by atoms with Crippen LogP contribution in [0.1, 0.15) is 0 Å². The van der Waals surface area contributed by atoms with Gasteiger partial charge in [0.1, 0.15) is 0 Å². The minimum absolute atomic E-state index is 0.0424. The second-order valence-corrected chi connectivity index (χ2v) is 8.95. The van der Waals surface area contributed by atoms with Crippen molar-refractivity contribution in [2.75, 3.05) is 37.0 Å². The molecule has 1 aliphatic heterocycles. The van der Waals surface area contributed by atoms with Crippen LogP contribution in [0, 0.1) is 0 Å². The summed E-state index contributed by atoms with van der Waals surface area (Å²) in [4.78, 5) is 12.9. The smallest absolute Gasteiger partial charge is 0.239 e. The molecule has 0 saturated carbocycles. The number of nitrogens with zero attached hydrogens (tertiary/aromatic N) is 1. The van der Waals surface area contributed by atoms with E-state index >= 15 is 0 Å². The summed E-state index contributed by atoms with van der Waals surface area (Å²) in [5.74, 6) is -0.201. The lowest BCUT2D eigenvalue weighted by Gasteiger charge is -2.30. The minimum atomic E-state index is -3.62. The maximum absolute atomic E-state index is 11.9. The van der Waals surface area contributed by atoms with E-state index in [1.54, 1.807) is 4.90 Å². The summed E-state index contributed by atoms with van der Waals surface area (Å²) in [6.07, 6.45) is 2.03. The Morgan fingerprint density at radius 2 is 1.76 bits per heavy atom. The molecule has 1 fully saturated rings. The molecule has 1 aliphatic rings. The maximum atomic E-state index is 11.9. The Morgan fingerprint density at radius 1 is 1.10 bits per heavy atom. The van der Waals surface area contributed by atoms with Crippen LogP contribution in [-0.2, 0) is 24.5 Å². The Labute approximate surface area is 123 Å². The number of carbonyl (C=O) groups is 1. The summed E-state index contributed by atoms with van der Waals surface area (Å²) < 4.78 is 47.0. The van der Waals surface area contributed by atoms with Gasteiger partial charge < -0.3 is 10.2 Å². The van der Waals surface area contributed by atoms with E-state index in [9.17, 15) is 21.6 Å². The first kappa shape index (κ1) is 15.8. The third-order valence-corrected chi connectivity index (χ3v) is 5.37. The predicted octanol–water partition coefficient (Wildman–Crippen LogP) is -0.570. The standard InChI is InChI=1S/C12H16N2O5S2/c1-20(16,17)9-3-4-10(11(7-9)21(2,18)19)14-6-5-13-12(15)8-14/h3-4,7H,5-6,8H2,1-2H3,(H,13,15). The molecule has 2 rings (SSSR count). The van der Waals surface area contributed by atoms with Gasteiger partial charge in [0.2, 0.25) is 5.91 Å². The van der Waals surface area contributed by atoms with Crippen LogP contribution in [-0.4, -0.2) is 54.9 Å². The van der Waals surface area contributed by atoms with Crippen molar-refractivity contribution in [3.63, 3.8) is 0 Å². The molecule has 0 aromatic heterocycles. The molecule has 21 heavy (non-hydrogen) atoms. The number of hydrogen-bond donors (Lipinski definition) is 1. The number of rotatable bonds is 3. The number of anilines is 1. The zero-order valence-electron chi connectivity index (χ0n) is 11.7. The predicted molar refractivity (Wildman–Crippen MR) is 77.9 cm³/mol. The van der Waals surface area contributed by atoms with Gasteiger partial charge in [-0.15, -0.1) is 0 Å². The van der Waals surface area contributed by atoms with Crippen LogP contribution in [0.4, 0.5) is 5.69 Å². The molecular formula is C12H16N2O5S2. The zero-order chi connectivity index (χ0) is 15.8. The highest BCUT2D eigenvalue weighted by Crippen LogP contribution is 2.28.